The first-order valence-electron chi connectivity index (χ1n) is 7.01. The molecule has 0 saturated carbocycles. The fraction of sp³-hybridized carbons (Fsp3) is 0.250. The minimum Gasteiger partial charge on any atom is -0.452 e. The standard InChI is InChI=1S/C16H16N4O2/c1-10-9-11(2)20-16(17-10)18-14(19-20)15(21)22-12(3)13-7-5-4-6-8-13/h4-9,12H,1-3H3/t12-/m0/s1. The van der Waals surface area contributed by atoms with Crippen molar-refractivity contribution >= 4 is 11.7 Å². The Balaban J connectivity index is 1.85. The van der Waals surface area contributed by atoms with Crippen molar-refractivity contribution in [2.24, 2.45) is 0 Å². The lowest BCUT2D eigenvalue weighted by atomic mass is 10.1. The number of nitrogens with zero attached hydrogens (tertiary/aromatic N) is 4. The molecule has 112 valence electrons. The van der Waals surface area contributed by atoms with E-state index in [-0.39, 0.29) is 11.9 Å². The zero-order chi connectivity index (χ0) is 15.7. The third kappa shape index (κ3) is 2.67. The number of esters is 1. The number of hydrogen-bond acceptors (Lipinski definition) is 5. The zero-order valence-corrected chi connectivity index (χ0v) is 12.6. The van der Waals surface area contributed by atoms with E-state index < -0.39 is 5.97 Å². The fourth-order valence-electron chi connectivity index (χ4n) is 2.26. The van der Waals surface area contributed by atoms with Crippen LogP contribution in [0.15, 0.2) is 36.4 Å². The van der Waals surface area contributed by atoms with Crippen LogP contribution in [0.25, 0.3) is 5.78 Å². The van der Waals surface area contributed by atoms with Gasteiger partial charge in [-0.25, -0.2) is 14.3 Å². The summed E-state index contributed by atoms with van der Waals surface area (Å²) in [5, 5.41) is 4.17. The summed E-state index contributed by atoms with van der Waals surface area (Å²) >= 11 is 0. The van der Waals surface area contributed by atoms with Gasteiger partial charge in [0.25, 0.3) is 11.6 Å². The predicted octanol–water partition coefficient (Wildman–Crippen LogP) is 2.66. The number of carbonyl (C=O) groups is 1. The molecule has 6 nitrogen and oxygen atoms in total. The smallest absolute Gasteiger partial charge is 0.378 e. The Hall–Kier alpha value is -2.76. The van der Waals surface area contributed by atoms with Gasteiger partial charge in [0, 0.05) is 11.4 Å². The molecule has 0 bridgehead atoms. The van der Waals surface area contributed by atoms with E-state index in [0.717, 1.165) is 17.0 Å². The van der Waals surface area contributed by atoms with Gasteiger partial charge in [-0.2, -0.15) is 4.98 Å². The number of ether oxygens (including phenoxy) is 1. The SMILES string of the molecule is Cc1cc(C)n2nc(C(=O)O[C@@H](C)c3ccccc3)nc2n1. The highest BCUT2D eigenvalue weighted by atomic mass is 16.5. The summed E-state index contributed by atoms with van der Waals surface area (Å²) < 4.78 is 6.96. The number of carbonyl (C=O) groups excluding carboxylic acids is 1. The van der Waals surface area contributed by atoms with Crippen molar-refractivity contribution in [3.63, 3.8) is 0 Å². The highest BCUT2D eigenvalue weighted by molar-refractivity contribution is 5.85. The van der Waals surface area contributed by atoms with Crippen molar-refractivity contribution in [3.8, 4) is 0 Å². The number of aryl methyl sites for hydroxylation is 2. The minimum atomic E-state index is -0.557. The molecule has 0 N–H and O–H groups in total. The van der Waals surface area contributed by atoms with Gasteiger partial charge in [-0.05, 0) is 32.4 Å². The van der Waals surface area contributed by atoms with Crippen LogP contribution in [0.1, 0.15) is 40.6 Å². The third-order valence-electron chi connectivity index (χ3n) is 3.35. The maximum atomic E-state index is 12.2. The van der Waals surface area contributed by atoms with Gasteiger partial charge < -0.3 is 4.74 Å². The predicted molar refractivity (Wildman–Crippen MR) is 80.5 cm³/mol. The van der Waals surface area contributed by atoms with Gasteiger partial charge in [0.1, 0.15) is 6.10 Å². The van der Waals surface area contributed by atoms with Crippen LogP contribution >= 0.6 is 0 Å². The van der Waals surface area contributed by atoms with Gasteiger partial charge >= 0.3 is 5.97 Å². The maximum Gasteiger partial charge on any atom is 0.378 e. The Morgan fingerprint density at radius 2 is 1.91 bits per heavy atom. The second kappa shape index (κ2) is 5.55. The summed E-state index contributed by atoms with van der Waals surface area (Å²) in [5.74, 6) is -0.139. The van der Waals surface area contributed by atoms with Gasteiger partial charge in [-0.3, -0.25) is 0 Å². The van der Waals surface area contributed by atoms with Gasteiger partial charge in [-0.15, -0.1) is 5.10 Å². The van der Waals surface area contributed by atoms with Crippen LogP contribution < -0.4 is 0 Å². The lowest BCUT2D eigenvalue weighted by Crippen LogP contribution is -2.11. The summed E-state index contributed by atoms with van der Waals surface area (Å²) in [6, 6.07) is 11.4. The highest BCUT2D eigenvalue weighted by Gasteiger charge is 2.19. The molecule has 2 heterocycles. The van der Waals surface area contributed by atoms with Crippen molar-refractivity contribution in [3.05, 3.63) is 59.2 Å². The lowest BCUT2D eigenvalue weighted by molar-refractivity contribution is 0.0323. The zero-order valence-electron chi connectivity index (χ0n) is 12.6. The fourth-order valence-corrected chi connectivity index (χ4v) is 2.26. The summed E-state index contributed by atoms with van der Waals surface area (Å²) in [4.78, 5) is 20.6. The normalized spacial score (nSPS) is 12.3. The van der Waals surface area contributed by atoms with Crippen LogP contribution in [0.4, 0.5) is 0 Å². The minimum absolute atomic E-state index is 0.0176. The van der Waals surface area contributed by atoms with E-state index in [1.54, 1.807) is 0 Å². The lowest BCUT2D eigenvalue weighted by Gasteiger charge is -2.11. The highest BCUT2D eigenvalue weighted by Crippen LogP contribution is 2.17. The van der Waals surface area contributed by atoms with Crippen LogP contribution in [-0.2, 0) is 4.74 Å². The Morgan fingerprint density at radius 1 is 1.18 bits per heavy atom. The summed E-state index contributed by atoms with van der Waals surface area (Å²) in [5.41, 5.74) is 2.62. The molecule has 3 aromatic rings. The van der Waals surface area contributed by atoms with Crippen LogP contribution in [0.5, 0.6) is 0 Å². The second-order valence-corrected chi connectivity index (χ2v) is 5.14. The molecule has 0 spiro atoms. The molecule has 0 aliphatic carbocycles. The van der Waals surface area contributed by atoms with Gasteiger partial charge in [0.05, 0.1) is 0 Å². The Morgan fingerprint density at radius 3 is 2.64 bits per heavy atom. The molecule has 0 aliphatic rings. The molecule has 0 fully saturated rings. The molecule has 0 saturated heterocycles. The molecule has 3 rings (SSSR count). The molecule has 1 aromatic carbocycles. The summed E-state index contributed by atoms with van der Waals surface area (Å²) in [6.45, 7) is 5.58. The Bertz CT molecular complexity index is 827. The molecule has 0 unspecified atom stereocenters. The first-order chi connectivity index (χ1) is 10.5. The molecule has 2 aromatic heterocycles. The number of benzene rings is 1. The molecule has 0 radical (unpaired) electrons. The van der Waals surface area contributed by atoms with Crippen molar-refractivity contribution < 1.29 is 9.53 Å². The van der Waals surface area contributed by atoms with Crippen LogP contribution in [0.2, 0.25) is 0 Å². The molecule has 6 heteroatoms. The van der Waals surface area contributed by atoms with Gasteiger partial charge in [-0.1, -0.05) is 30.3 Å². The van der Waals surface area contributed by atoms with Crippen molar-refractivity contribution in [2.75, 3.05) is 0 Å². The van der Waals surface area contributed by atoms with E-state index >= 15 is 0 Å². The molecule has 0 aliphatic heterocycles. The molecule has 22 heavy (non-hydrogen) atoms. The first-order valence-corrected chi connectivity index (χ1v) is 7.01. The van der Waals surface area contributed by atoms with Gasteiger partial charge in [0.2, 0.25) is 0 Å². The second-order valence-electron chi connectivity index (χ2n) is 5.14. The topological polar surface area (TPSA) is 69.4 Å². The Labute approximate surface area is 127 Å². The van der Waals surface area contributed by atoms with Crippen molar-refractivity contribution in [1.82, 2.24) is 19.6 Å². The largest absolute Gasteiger partial charge is 0.452 e. The van der Waals surface area contributed by atoms with Crippen LogP contribution in [-0.4, -0.2) is 25.6 Å². The van der Waals surface area contributed by atoms with E-state index in [2.05, 4.69) is 15.1 Å². The summed E-state index contributed by atoms with van der Waals surface area (Å²) in [7, 11) is 0. The maximum absolute atomic E-state index is 12.2. The van der Waals surface area contributed by atoms with E-state index in [4.69, 9.17) is 4.74 Å². The van der Waals surface area contributed by atoms with E-state index in [1.807, 2.05) is 57.2 Å². The number of hydrogen-bond donors (Lipinski definition) is 0. The average molecular weight is 296 g/mol. The van der Waals surface area contributed by atoms with Crippen LogP contribution in [0.3, 0.4) is 0 Å². The molecule has 0 amide bonds. The van der Waals surface area contributed by atoms with Gasteiger partial charge in [0.15, 0.2) is 0 Å². The molecule has 1 atom stereocenters. The molecular weight excluding hydrogens is 280 g/mol. The Kier molecular flexibility index (Phi) is 3.58. The monoisotopic (exact) mass is 296 g/mol. The molecular formula is C16H16N4O2. The van der Waals surface area contributed by atoms with E-state index in [9.17, 15) is 4.79 Å². The van der Waals surface area contributed by atoms with Crippen molar-refractivity contribution in [2.45, 2.75) is 26.9 Å². The number of aromatic nitrogens is 4. The van der Waals surface area contributed by atoms with Crippen molar-refractivity contribution in [1.29, 1.82) is 0 Å². The number of fused-ring (bicyclic) bond motifs is 1. The number of rotatable bonds is 3. The quantitative estimate of drug-likeness (QED) is 0.695. The van der Waals surface area contributed by atoms with E-state index in [1.165, 1.54) is 4.52 Å². The van der Waals surface area contributed by atoms with Crippen LogP contribution in [0, 0.1) is 13.8 Å². The summed E-state index contributed by atoms with van der Waals surface area (Å²) in [6.07, 6.45) is -0.365. The average Bonchev–Trinajstić information content (AvgIpc) is 2.92. The van der Waals surface area contributed by atoms with E-state index in [0.29, 0.717) is 5.78 Å². The third-order valence-corrected chi connectivity index (χ3v) is 3.35. The first kappa shape index (κ1) is 14.2.